The SMILES string of the molecule is CN(Cc1nnc(-c2ccccc2)o1)S(=O)(=O)c1ccc(Br)cc1. The molecule has 0 aliphatic rings. The lowest BCUT2D eigenvalue weighted by molar-refractivity contribution is 0.400. The molecule has 0 bridgehead atoms. The lowest BCUT2D eigenvalue weighted by Gasteiger charge is -2.15. The molecule has 2 aromatic carbocycles. The van der Waals surface area contributed by atoms with Gasteiger partial charge in [0.25, 0.3) is 0 Å². The van der Waals surface area contributed by atoms with Crippen LogP contribution in [-0.2, 0) is 16.6 Å². The van der Waals surface area contributed by atoms with Crippen LogP contribution in [0.4, 0.5) is 0 Å². The van der Waals surface area contributed by atoms with Gasteiger partial charge in [-0.3, -0.25) is 0 Å². The van der Waals surface area contributed by atoms with E-state index in [0.29, 0.717) is 5.89 Å². The smallest absolute Gasteiger partial charge is 0.247 e. The van der Waals surface area contributed by atoms with Crippen LogP contribution in [0.1, 0.15) is 5.89 Å². The zero-order valence-electron chi connectivity index (χ0n) is 12.8. The monoisotopic (exact) mass is 407 g/mol. The van der Waals surface area contributed by atoms with E-state index in [1.165, 1.54) is 11.4 Å². The molecule has 1 aromatic heterocycles. The van der Waals surface area contributed by atoms with E-state index in [1.807, 2.05) is 30.3 Å². The molecule has 1 heterocycles. The highest BCUT2D eigenvalue weighted by Gasteiger charge is 2.23. The Kier molecular flexibility index (Phi) is 4.79. The zero-order valence-corrected chi connectivity index (χ0v) is 15.2. The standard InChI is InChI=1S/C16H14BrN3O3S/c1-20(24(21,22)14-9-7-13(17)8-10-14)11-15-18-19-16(23-15)12-5-3-2-4-6-12/h2-10H,11H2,1H3. The maximum Gasteiger partial charge on any atom is 0.247 e. The summed E-state index contributed by atoms with van der Waals surface area (Å²) < 4.78 is 32.6. The predicted molar refractivity (Wildman–Crippen MR) is 92.5 cm³/mol. The third kappa shape index (κ3) is 3.55. The number of rotatable bonds is 5. The van der Waals surface area contributed by atoms with Crippen molar-refractivity contribution >= 4 is 26.0 Å². The zero-order chi connectivity index (χ0) is 17.2. The van der Waals surface area contributed by atoms with Gasteiger partial charge in [-0.2, -0.15) is 4.31 Å². The molecule has 0 aliphatic carbocycles. The van der Waals surface area contributed by atoms with Crippen molar-refractivity contribution in [1.82, 2.24) is 14.5 Å². The first-order valence-corrected chi connectivity index (χ1v) is 9.30. The van der Waals surface area contributed by atoms with Gasteiger partial charge in [-0.1, -0.05) is 34.1 Å². The Morgan fingerprint density at radius 1 is 1.04 bits per heavy atom. The predicted octanol–water partition coefficient (Wildman–Crippen LogP) is 3.32. The topological polar surface area (TPSA) is 76.3 Å². The van der Waals surface area contributed by atoms with E-state index in [9.17, 15) is 8.42 Å². The summed E-state index contributed by atoms with van der Waals surface area (Å²) in [7, 11) is -2.15. The molecule has 0 fully saturated rings. The maximum absolute atomic E-state index is 12.5. The van der Waals surface area contributed by atoms with E-state index in [4.69, 9.17) is 4.42 Å². The van der Waals surface area contributed by atoms with Crippen LogP contribution >= 0.6 is 15.9 Å². The molecule has 6 nitrogen and oxygen atoms in total. The minimum Gasteiger partial charge on any atom is -0.419 e. The Morgan fingerprint density at radius 2 is 1.71 bits per heavy atom. The van der Waals surface area contributed by atoms with E-state index in [-0.39, 0.29) is 17.3 Å². The number of sulfonamides is 1. The molecule has 124 valence electrons. The van der Waals surface area contributed by atoms with Crippen LogP contribution in [0.2, 0.25) is 0 Å². The summed E-state index contributed by atoms with van der Waals surface area (Å²) in [5.74, 6) is 0.595. The molecule has 0 amide bonds. The van der Waals surface area contributed by atoms with Crippen molar-refractivity contribution in [1.29, 1.82) is 0 Å². The fraction of sp³-hybridized carbons (Fsp3) is 0.125. The Hall–Kier alpha value is -2.03. The molecule has 8 heteroatoms. The molecule has 0 N–H and O–H groups in total. The molecule has 0 radical (unpaired) electrons. The van der Waals surface area contributed by atoms with E-state index in [1.54, 1.807) is 24.3 Å². The van der Waals surface area contributed by atoms with Crippen molar-refractivity contribution in [2.45, 2.75) is 11.4 Å². The highest BCUT2D eigenvalue weighted by molar-refractivity contribution is 9.10. The van der Waals surface area contributed by atoms with Crippen LogP contribution < -0.4 is 0 Å². The fourth-order valence-corrected chi connectivity index (χ4v) is 3.46. The number of halogens is 1. The van der Waals surface area contributed by atoms with E-state index < -0.39 is 10.0 Å². The lowest BCUT2D eigenvalue weighted by Crippen LogP contribution is -2.26. The number of hydrogen-bond donors (Lipinski definition) is 0. The summed E-state index contributed by atoms with van der Waals surface area (Å²) in [6.45, 7) is -0.00176. The molecule has 0 atom stereocenters. The average molecular weight is 408 g/mol. The summed E-state index contributed by atoms with van der Waals surface area (Å²) in [5, 5.41) is 7.89. The maximum atomic E-state index is 12.5. The van der Waals surface area contributed by atoms with Crippen molar-refractivity contribution < 1.29 is 12.8 Å². The molecule has 0 aliphatic heterocycles. The van der Waals surface area contributed by atoms with Gasteiger partial charge in [0.05, 0.1) is 11.4 Å². The van der Waals surface area contributed by atoms with Gasteiger partial charge in [0.2, 0.25) is 21.8 Å². The van der Waals surface area contributed by atoms with Crippen LogP contribution in [0.3, 0.4) is 0 Å². The van der Waals surface area contributed by atoms with E-state index >= 15 is 0 Å². The second-order valence-corrected chi connectivity index (χ2v) is 8.04. The minimum absolute atomic E-state index is 0.00176. The van der Waals surface area contributed by atoms with Crippen LogP contribution in [-0.4, -0.2) is 30.0 Å². The van der Waals surface area contributed by atoms with Crippen molar-refractivity contribution in [3.8, 4) is 11.5 Å². The third-order valence-electron chi connectivity index (χ3n) is 3.37. The number of nitrogens with zero attached hydrogens (tertiary/aromatic N) is 3. The van der Waals surface area contributed by atoms with Crippen molar-refractivity contribution in [3.63, 3.8) is 0 Å². The van der Waals surface area contributed by atoms with Gasteiger partial charge in [0, 0.05) is 17.1 Å². The second-order valence-electron chi connectivity index (χ2n) is 5.08. The summed E-state index contributed by atoms with van der Waals surface area (Å²) >= 11 is 3.29. The van der Waals surface area contributed by atoms with E-state index in [0.717, 1.165) is 10.0 Å². The molecular formula is C16H14BrN3O3S. The molecular weight excluding hydrogens is 394 g/mol. The number of hydrogen-bond acceptors (Lipinski definition) is 5. The third-order valence-corrected chi connectivity index (χ3v) is 5.71. The summed E-state index contributed by atoms with van der Waals surface area (Å²) in [6, 6.07) is 15.8. The van der Waals surface area contributed by atoms with Gasteiger partial charge in [-0.15, -0.1) is 10.2 Å². The Balaban J connectivity index is 1.78. The number of benzene rings is 2. The normalized spacial score (nSPS) is 11.8. The molecule has 0 spiro atoms. The molecule has 0 saturated carbocycles. The van der Waals surface area contributed by atoms with Gasteiger partial charge in [0.15, 0.2) is 0 Å². The Bertz CT molecular complexity index is 925. The first kappa shape index (κ1) is 16.8. The van der Waals surface area contributed by atoms with Crippen LogP contribution in [0, 0.1) is 0 Å². The molecule has 3 rings (SSSR count). The van der Waals surface area contributed by atoms with Gasteiger partial charge < -0.3 is 4.42 Å². The summed E-state index contributed by atoms with van der Waals surface area (Å²) in [4.78, 5) is 0.205. The lowest BCUT2D eigenvalue weighted by atomic mass is 10.2. The fourth-order valence-electron chi connectivity index (χ4n) is 2.08. The summed E-state index contributed by atoms with van der Waals surface area (Å²) in [5.41, 5.74) is 0.787. The van der Waals surface area contributed by atoms with Crippen LogP contribution in [0.25, 0.3) is 11.5 Å². The highest BCUT2D eigenvalue weighted by atomic mass is 79.9. The average Bonchev–Trinajstić information content (AvgIpc) is 3.04. The van der Waals surface area contributed by atoms with Crippen molar-refractivity contribution in [3.05, 3.63) is 65.0 Å². The minimum atomic E-state index is -3.62. The van der Waals surface area contributed by atoms with Crippen molar-refractivity contribution in [2.75, 3.05) is 7.05 Å². The Morgan fingerprint density at radius 3 is 2.38 bits per heavy atom. The highest BCUT2D eigenvalue weighted by Crippen LogP contribution is 2.21. The molecule has 3 aromatic rings. The van der Waals surface area contributed by atoms with Gasteiger partial charge in [0.1, 0.15) is 0 Å². The quantitative estimate of drug-likeness (QED) is 0.648. The Labute approximate surface area is 148 Å². The number of aromatic nitrogens is 2. The van der Waals surface area contributed by atoms with Crippen LogP contribution in [0.15, 0.2) is 68.4 Å². The summed E-state index contributed by atoms with van der Waals surface area (Å²) in [6.07, 6.45) is 0. The molecule has 0 saturated heterocycles. The van der Waals surface area contributed by atoms with Gasteiger partial charge >= 0.3 is 0 Å². The molecule has 0 unspecified atom stereocenters. The van der Waals surface area contributed by atoms with Crippen molar-refractivity contribution in [2.24, 2.45) is 0 Å². The van der Waals surface area contributed by atoms with Gasteiger partial charge in [-0.05, 0) is 36.4 Å². The second kappa shape index (κ2) is 6.84. The van der Waals surface area contributed by atoms with Gasteiger partial charge in [-0.25, -0.2) is 8.42 Å². The first-order valence-electron chi connectivity index (χ1n) is 7.06. The largest absolute Gasteiger partial charge is 0.419 e. The molecule has 24 heavy (non-hydrogen) atoms. The first-order chi connectivity index (χ1) is 11.5. The van der Waals surface area contributed by atoms with Crippen LogP contribution in [0.5, 0.6) is 0 Å². The van der Waals surface area contributed by atoms with E-state index in [2.05, 4.69) is 26.1 Å².